The van der Waals surface area contributed by atoms with E-state index in [1.165, 1.54) is 4.90 Å². The number of hydrogen-bond acceptors (Lipinski definition) is 5. The van der Waals surface area contributed by atoms with Crippen molar-refractivity contribution < 1.29 is 23.9 Å². The SMILES string of the molecule is CCOC(=O)CCCCCCN1C(=O)N/C(=C\c2ccccc2OC)C1=O. The lowest BCUT2D eigenvalue weighted by Gasteiger charge is -2.11. The summed E-state index contributed by atoms with van der Waals surface area (Å²) in [5.74, 6) is 0.113. The number of methoxy groups -OCH3 is 1. The molecule has 1 aliphatic heterocycles. The van der Waals surface area contributed by atoms with Gasteiger partial charge in [0.15, 0.2) is 0 Å². The molecule has 27 heavy (non-hydrogen) atoms. The molecule has 0 radical (unpaired) electrons. The van der Waals surface area contributed by atoms with Crippen molar-refractivity contribution in [1.29, 1.82) is 0 Å². The average molecular weight is 374 g/mol. The number of unbranched alkanes of at least 4 members (excludes halogenated alkanes) is 3. The second kappa shape index (κ2) is 10.4. The number of carbonyl (C=O) groups excluding carboxylic acids is 3. The lowest BCUT2D eigenvalue weighted by Crippen LogP contribution is -2.31. The van der Waals surface area contributed by atoms with Gasteiger partial charge in [0.2, 0.25) is 0 Å². The summed E-state index contributed by atoms with van der Waals surface area (Å²) in [4.78, 5) is 37.0. The van der Waals surface area contributed by atoms with E-state index in [0.717, 1.165) is 24.8 Å². The molecule has 1 N–H and O–H groups in total. The zero-order valence-electron chi connectivity index (χ0n) is 15.8. The summed E-state index contributed by atoms with van der Waals surface area (Å²) in [5.41, 5.74) is 0.969. The smallest absolute Gasteiger partial charge is 0.329 e. The number of carbonyl (C=O) groups is 3. The number of urea groups is 1. The molecule has 1 saturated heterocycles. The Labute approximate surface area is 159 Å². The maximum atomic E-state index is 12.5. The first-order valence-corrected chi connectivity index (χ1v) is 9.20. The molecule has 0 saturated carbocycles. The fraction of sp³-hybridized carbons (Fsp3) is 0.450. The van der Waals surface area contributed by atoms with Crippen LogP contribution in [-0.4, -0.2) is 43.1 Å². The number of nitrogens with one attached hydrogen (secondary N) is 1. The van der Waals surface area contributed by atoms with Crippen molar-refractivity contribution in [2.24, 2.45) is 0 Å². The lowest BCUT2D eigenvalue weighted by molar-refractivity contribution is -0.143. The molecule has 0 aliphatic carbocycles. The number of esters is 1. The van der Waals surface area contributed by atoms with E-state index in [4.69, 9.17) is 9.47 Å². The van der Waals surface area contributed by atoms with Crippen LogP contribution in [-0.2, 0) is 14.3 Å². The van der Waals surface area contributed by atoms with Crippen molar-refractivity contribution in [2.45, 2.75) is 39.0 Å². The largest absolute Gasteiger partial charge is 0.496 e. The normalized spacial score (nSPS) is 15.2. The summed E-state index contributed by atoms with van der Waals surface area (Å²) in [6.45, 7) is 2.54. The molecule has 1 aromatic rings. The number of hydrogen-bond donors (Lipinski definition) is 1. The van der Waals surface area contributed by atoms with E-state index < -0.39 is 6.03 Å². The highest BCUT2D eigenvalue weighted by molar-refractivity contribution is 6.14. The number of amides is 3. The van der Waals surface area contributed by atoms with Crippen LogP contribution in [0.4, 0.5) is 4.79 Å². The van der Waals surface area contributed by atoms with Gasteiger partial charge in [0.1, 0.15) is 11.4 Å². The van der Waals surface area contributed by atoms with E-state index >= 15 is 0 Å². The van der Waals surface area contributed by atoms with Gasteiger partial charge in [0.25, 0.3) is 5.91 Å². The molecule has 0 unspecified atom stereocenters. The predicted octanol–water partition coefficient (Wildman–Crippen LogP) is 3.10. The molecule has 0 aromatic heterocycles. The summed E-state index contributed by atoms with van der Waals surface area (Å²) in [6, 6.07) is 6.88. The summed E-state index contributed by atoms with van der Waals surface area (Å²) in [6.07, 6.45) is 5.16. The highest BCUT2D eigenvalue weighted by Gasteiger charge is 2.33. The third kappa shape index (κ3) is 5.84. The van der Waals surface area contributed by atoms with Crippen LogP contribution in [0.1, 0.15) is 44.6 Å². The van der Waals surface area contributed by atoms with Gasteiger partial charge < -0.3 is 14.8 Å². The van der Waals surface area contributed by atoms with Crippen molar-refractivity contribution in [2.75, 3.05) is 20.3 Å². The van der Waals surface area contributed by atoms with Gasteiger partial charge in [-0.15, -0.1) is 0 Å². The second-order valence-electron chi connectivity index (χ2n) is 6.16. The van der Waals surface area contributed by atoms with E-state index in [9.17, 15) is 14.4 Å². The Bertz CT molecular complexity index is 714. The quantitative estimate of drug-likeness (QED) is 0.294. The Morgan fingerprint density at radius 2 is 1.89 bits per heavy atom. The van der Waals surface area contributed by atoms with E-state index in [2.05, 4.69) is 5.32 Å². The van der Waals surface area contributed by atoms with E-state index in [1.54, 1.807) is 26.2 Å². The Kier molecular flexibility index (Phi) is 7.85. The fourth-order valence-corrected chi connectivity index (χ4v) is 2.84. The molecule has 2 rings (SSSR count). The fourth-order valence-electron chi connectivity index (χ4n) is 2.84. The molecule has 7 heteroatoms. The number of rotatable bonds is 10. The molecular weight excluding hydrogens is 348 g/mol. The molecule has 0 atom stereocenters. The number of nitrogens with zero attached hydrogens (tertiary/aromatic N) is 1. The molecular formula is C20H26N2O5. The van der Waals surface area contributed by atoms with Crippen LogP contribution in [0.15, 0.2) is 30.0 Å². The molecule has 7 nitrogen and oxygen atoms in total. The van der Waals surface area contributed by atoms with Crippen LogP contribution in [0, 0.1) is 0 Å². The predicted molar refractivity (Wildman–Crippen MR) is 101 cm³/mol. The van der Waals surface area contributed by atoms with Gasteiger partial charge >= 0.3 is 12.0 Å². The van der Waals surface area contributed by atoms with Crippen molar-refractivity contribution in [3.63, 3.8) is 0 Å². The zero-order chi connectivity index (χ0) is 19.6. The van der Waals surface area contributed by atoms with Crippen molar-refractivity contribution in [1.82, 2.24) is 10.2 Å². The first kappa shape index (κ1) is 20.5. The highest BCUT2D eigenvalue weighted by atomic mass is 16.5. The van der Waals surface area contributed by atoms with Crippen LogP contribution in [0.25, 0.3) is 6.08 Å². The van der Waals surface area contributed by atoms with E-state index in [0.29, 0.717) is 31.7 Å². The summed E-state index contributed by atoms with van der Waals surface area (Å²) in [5, 5.41) is 2.62. The van der Waals surface area contributed by atoms with Gasteiger partial charge in [-0.2, -0.15) is 0 Å². The van der Waals surface area contributed by atoms with Gasteiger partial charge in [-0.1, -0.05) is 31.0 Å². The monoisotopic (exact) mass is 374 g/mol. The average Bonchev–Trinajstić information content (AvgIpc) is 2.92. The van der Waals surface area contributed by atoms with Crippen LogP contribution in [0.3, 0.4) is 0 Å². The summed E-state index contributed by atoms with van der Waals surface area (Å²) in [7, 11) is 1.56. The molecule has 0 spiro atoms. The lowest BCUT2D eigenvalue weighted by atomic mass is 10.1. The third-order valence-electron chi connectivity index (χ3n) is 4.22. The van der Waals surface area contributed by atoms with Crippen molar-refractivity contribution >= 4 is 24.0 Å². The van der Waals surface area contributed by atoms with Crippen LogP contribution in [0.2, 0.25) is 0 Å². The second-order valence-corrected chi connectivity index (χ2v) is 6.16. The number of imide groups is 1. The molecule has 1 fully saturated rings. The van der Waals surface area contributed by atoms with Gasteiger partial charge in [-0.25, -0.2) is 4.79 Å². The van der Waals surface area contributed by atoms with Crippen LogP contribution < -0.4 is 10.1 Å². The first-order valence-electron chi connectivity index (χ1n) is 9.20. The van der Waals surface area contributed by atoms with Crippen molar-refractivity contribution in [3.05, 3.63) is 35.5 Å². The Morgan fingerprint density at radius 3 is 2.63 bits per heavy atom. The minimum atomic E-state index is -0.410. The Morgan fingerprint density at radius 1 is 1.15 bits per heavy atom. The molecule has 146 valence electrons. The number of ether oxygens (including phenoxy) is 2. The van der Waals surface area contributed by atoms with Gasteiger partial charge in [-0.3, -0.25) is 14.5 Å². The van der Waals surface area contributed by atoms with Crippen LogP contribution >= 0.6 is 0 Å². The maximum absolute atomic E-state index is 12.5. The minimum Gasteiger partial charge on any atom is -0.496 e. The van der Waals surface area contributed by atoms with Gasteiger partial charge in [0, 0.05) is 18.5 Å². The van der Waals surface area contributed by atoms with Crippen molar-refractivity contribution in [3.8, 4) is 5.75 Å². The van der Waals surface area contributed by atoms with Gasteiger partial charge in [-0.05, 0) is 31.9 Å². The Balaban J connectivity index is 1.82. The molecule has 1 heterocycles. The maximum Gasteiger partial charge on any atom is 0.329 e. The third-order valence-corrected chi connectivity index (χ3v) is 4.22. The highest BCUT2D eigenvalue weighted by Crippen LogP contribution is 2.22. The van der Waals surface area contributed by atoms with Crippen LogP contribution in [0.5, 0.6) is 5.75 Å². The Hall–Kier alpha value is -2.83. The number of para-hydroxylation sites is 1. The van der Waals surface area contributed by atoms with E-state index in [-0.39, 0.29) is 17.6 Å². The standard InChI is InChI=1S/C20H26N2O5/c1-3-27-18(23)12-6-4-5-9-13-22-19(24)16(21-20(22)25)14-15-10-7-8-11-17(15)26-2/h7-8,10-11,14H,3-6,9,12-13H2,1-2H3,(H,21,25)/b16-14-. The van der Waals surface area contributed by atoms with Gasteiger partial charge in [0.05, 0.1) is 13.7 Å². The number of benzene rings is 1. The first-order chi connectivity index (χ1) is 13.1. The zero-order valence-corrected chi connectivity index (χ0v) is 15.8. The summed E-state index contributed by atoms with van der Waals surface area (Å²) >= 11 is 0. The molecule has 1 aromatic carbocycles. The van der Waals surface area contributed by atoms with E-state index in [1.807, 2.05) is 18.2 Å². The molecule has 0 bridgehead atoms. The topological polar surface area (TPSA) is 84.9 Å². The minimum absolute atomic E-state index is 0.183. The molecule has 1 aliphatic rings. The molecule has 3 amide bonds. The summed E-state index contributed by atoms with van der Waals surface area (Å²) < 4.78 is 10.1.